The number of benzene rings is 1. The Balaban J connectivity index is 1.33. The van der Waals surface area contributed by atoms with Crippen LogP contribution in [0.2, 0.25) is 0 Å². The second-order valence-electron chi connectivity index (χ2n) is 8.17. The number of rotatable bonds is 4. The van der Waals surface area contributed by atoms with Gasteiger partial charge in [-0.3, -0.25) is 14.5 Å². The van der Waals surface area contributed by atoms with Crippen molar-refractivity contribution in [3.63, 3.8) is 0 Å². The number of amides is 1. The van der Waals surface area contributed by atoms with Gasteiger partial charge in [0.15, 0.2) is 5.82 Å². The molecule has 178 valence electrons. The first-order chi connectivity index (χ1) is 16.9. The predicted octanol–water partition coefficient (Wildman–Crippen LogP) is 1.40. The summed E-state index contributed by atoms with van der Waals surface area (Å²) in [5.41, 5.74) is 0.704. The van der Waals surface area contributed by atoms with Crippen molar-refractivity contribution in [2.45, 2.75) is 6.54 Å². The average Bonchev–Trinajstić information content (AvgIpc) is 3.31. The van der Waals surface area contributed by atoms with Crippen molar-refractivity contribution < 1.29 is 13.6 Å². The van der Waals surface area contributed by atoms with Crippen LogP contribution < -0.4 is 15.8 Å². The number of carbonyl (C=O) groups excluding carboxylic acids is 1. The minimum atomic E-state index is -0.714. The van der Waals surface area contributed by atoms with Crippen LogP contribution in [-0.2, 0) is 6.54 Å². The number of nitriles is 1. The molecular weight excluding hydrogens is 458 g/mol. The second-order valence-corrected chi connectivity index (χ2v) is 8.17. The molecule has 1 aromatic carbocycles. The van der Waals surface area contributed by atoms with Crippen molar-refractivity contribution >= 4 is 28.1 Å². The van der Waals surface area contributed by atoms with Gasteiger partial charge in [0, 0.05) is 45.3 Å². The average molecular weight is 478 g/mol. The van der Waals surface area contributed by atoms with Crippen molar-refractivity contribution in [3.8, 4) is 6.07 Å². The summed E-state index contributed by atoms with van der Waals surface area (Å²) in [6, 6.07) is 8.22. The summed E-state index contributed by atoms with van der Waals surface area (Å²) >= 11 is 0. The number of piperazine rings is 1. The molecule has 0 bridgehead atoms. The summed E-state index contributed by atoms with van der Waals surface area (Å²) in [6.07, 6.45) is 1.28. The molecular formula is C23H20F2N8O2. The Morgan fingerprint density at radius 2 is 1.97 bits per heavy atom. The van der Waals surface area contributed by atoms with Crippen LogP contribution >= 0.6 is 0 Å². The van der Waals surface area contributed by atoms with Crippen molar-refractivity contribution in [2.24, 2.45) is 0 Å². The maximum Gasteiger partial charge on any atom is 0.275 e. The molecule has 0 unspecified atom stereocenters. The zero-order chi connectivity index (χ0) is 24.7. The molecule has 1 aliphatic rings. The van der Waals surface area contributed by atoms with Crippen molar-refractivity contribution in [1.29, 1.82) is 5.26 Å². The number of carbonyl (C=O) groups is 1. The van der Waals surface area contributed by atoms with E-state index in [1.54, 1.807) is 12.1 Å². The fourth-order valence-electron chi connectivity index (χ4n) is 4.34. The normalized spacial score (nSPS) is 14.4. The third-order valence-corrected chi connectivity index (χ3v) is 6.17. The molecule has 12 heteroatoms. The van der Waals surface area contributed by atoms with Gasteiger partial charge >= 0.3 is 0 Å². The Bertz CT molecular complexity index is 1560. The maximum absolute atomic E-state index is 15.3. The maximum atomic E-state index is 15.3. The molecule has 10 nitrogen and oxygen atoms in total. The second kappa shape index (κ2) is 8.77. The fourth-order valence-corrected chi connectivity index (χ4v) is 4.34. The van der Waals surface area contributed by atoms with E-state index in [1.165, 1.54) is 29.9 Å². The Kier molecular flexibility index (Phi) is 5.62. The lowest BCUT2D eigenvalue weighted by Crippen LogP contribution is -2.46. The van der Waals surface area contributed by atoms with Gasteiger partial charge in [-0.25, -0.2) is 13.9 Å². The van der Waals surface area contributed by atoms with E-state index in [4.69, 9.17) is 0 Å². The lowest BCUT2D eigenvalue weighted by atomic mass is 10.1. The molecule has 1 saturated heterocycles. The zero-order valence-corrected chi connectivity index (χ0v) is 18.7. The molecule has 3 aromatic heterocycles. The number of nitrogens with one attached hydrogen (secondary N) is 2. The SMILES string of the molecule is CNC(=O)c1ccc(N2CCN(Cc3ccc4c([nH]c(=O)c5c(C#N)cnn54)c3F)CC2)c(F)n1. The Morgan fingerprint density at radius 3 is 2.66 bits per heavy atom. The van der Waals surface area contributed by atoms with E-state index in [1.807, 2.05) is 15.9 Å². The zero-order valence-electron chi connectivity index (χ0n) is 18.7. The van der Waals surface area contributed by atoms with Crippen LogP contribution in [0.3, 0.4) is 0 Å². The van der Waals surface area contributed by atoms with Crippen LogP contribution in [0.5, 0.6) is 0 Å². The Labute approximate surface area is 197 Å². The molecule has 4 aromatic rings. The van der Waals surface area contributed by atoms with E-state index in [0.29, 0.717) is 49.5 Å². The van der Waals surface area contributed by atoms with Crippen LogP contribution in [-0.4, -0.2) is 63.6 Å². The number of aromatic nitrogens is 4. The minimum Gasteiger partial charge on any atom is -0.365 e. The monoisotopic (exact) mass is 478 g/mol. The minimum absolute atomic E-state index is 0.00782. The first-order valence-corrected chi connectivity index (χ1v) is 10.9. The van der Waals surface area contributed by atoms with Crippen LogP contribution in [0, 0.1) is 23.1 Å². The fraction of sp³-hybridized carbons (Fsp3) is 0.261. The smallest absolute Gasteiger partial charge is 0.275 e. The van der Waals surface area contributed by atoms with Crippen molar-refractivity contribution in [1.82, 2.24) is 29.8 Å². The van der Waals surface area contributed by atoms with Gasteiger partial charge in [0.1, 0.15) is 28.4 Å². The van der Waals surface area contributed by atoms with Crippen LogP contribution in [0.15, 0.2) is 35.3 Å². The lowest BCUT2D eigenvalue weighted by molar-refractivity contribution is 0.0957. The van der Waals surface area contributed by atoms with E-state index in [2.05, 4.69) is 20.4 Å². The van der Waals surface area contributed by atoms with Crippen LogP contribution in [0.1, 0.15) is 21.6 Å². The summed E-state index contributed by atoms with van der Waals surface area (Å²) in [6.45, 7) is 2.39. The topological polar surface area (TPSA) is 122 Å². The third-order valence-electron chi connectivity index (χ3n) is 6.17. The molecule has 4 heterocycles. The molecule has 1 aliphatic heterocycles. The van der Waals surface area contributed by atoms with E-state index in [9.17, 15) is 19.2 Å². The number of fused-ring (bicyclic) bond motifs is 3. The van der Waals surface area contributed by atoms with Gasteiger partial charge in [0.05, 0.1) is 17.4 Å². The highest BCUT2D eigenvalue weighted by Gasteiger charge is 2.23. The quantitative estimate of drug-likeness (QED) is 0.425. The number of hydrogen-bond donors (Lipinski definition) is 2. The van der Waals surface area contributed by atoms with Crippen molar-refractivity contribution in [3.05, 3.63) is 69.4 Å². The largest absolute Gasteiger partial charge is 0.365 e. The molecule has 0 radical (unpaired) electrons. The highest BCUT2D eigenvalue weighted by Crippen LogP contribution is 2.24. The molecule has 35 heavy (non-hydrogen) atoms. The number of anilines is 1. The van der Waals surface area contributed by atoms with E-state index >= 15 is 4.39 Å². The van der Waals surface area contributed by atoms with Gasteiger partial charge in [-0.05, 0) is 18.2 Å². The summed E-state index contributed by atoms with van der Waals surface area (Å²) in [5, 5.41) is 15.6. The first-order valence-electron chi connectivity index (χ1n) is 10.9. The predicted molar refractivity (Wildman–Crippen MR) is 123 cm³/mol. The molecule has 2 N–H and O–H groups in total. The van der Waals surface area contributed by atoms with Crippen LogP contribution in [0.25, 0.3) is 16.6 Å². The first kappa shape index (κ1) is 22.4. The number of hydrogen-bond acceptors (Lipinski definition) is 7. The highest BCUT2D eigenvalue weighted by molar-refractivity contribution is 5.92. The Hall–Kier alpha value is -4.37. The van der Waals surface area contributed by atoms with E-state index in [-0.39, 0.29) is 22.3 Å². The summed E-state index contributed by atoms with van der Waals surface area (Å²) in [4.78, 5) is 34.3. The van der Waals surface area contributed by atoms with Crippen LogP contribution in [0.4, 0.5) is 14.5 Å². The van der Waals surface area contributed by atoms with E-state index in [0.717, 1.165) is 0 Å². The third kappa shape index (κ3) is 3.85. The summed E-state index contributed by atoms with van der Waals surface area (Å²) < 4.78 is 31.1. The summed E-state index contributed by atoms with van der Waals surface area (Å²) in [7, 11) is 1.45. The van der Waals surface area contributed by atoms with Crippen molar-refractivity contribution in [2.75, 3.05) is 38.1 Å². The highest BCUT2D eigenvalue weighted by atomic mass is 19.1. The number of halogens is 2. The van der Waals surface area contributed by atoms with Gasteiger partial charge in [-0.1, -0.05) is 6.07 Å². The summed E-state index contributed by atoms with van der Waals surface area (Å²) in [5.74, 6) is -1.73. The standard InChI is InChI=1S/C23H20F2N8O2/c1-27-22(34)15-3-5-17(21(25)29-15)32-8-6-31(7-9-32)12-13-2-4-16-19(18(13)24)30-23(35)20-14(10-26)11-28-33(16)20/h2-5,11H,6-9,12H2,1H3,(H,27,34)(H,30,35). The van der Waals surface area contributed by atoms with E-state index < -0.39 is 23.2 Å². The number of aromatic amines is 1. The number of H-pyrrole nitrogens is 1. The Morgan fingerprint density at radius 1 is 1.20 bits per heavy atom. The van der Waals surface area contributed by atoms with Gasteiger partial charge in [-0.15, -0.1) is 0 Å². The van der Waals surface area contributed by atoms with Gasteiger partial charge in [-0.2, -0.15) is 14.8 Å². The molecule has 5 rings (SSSR count). The molecule has 0 spiro atoms. The van der Waals surface area contributed by atoms with Gasteiger partial charge < -0.3 is 15.2 Å². The number of pyridine rings is 1. The molecule has 0 aliphatic carbocycles. The van der Waals surface area contributed by atoms with Gasteiger partial charge in [0.25, 0.3) is 11.5 Å². The molecule has 1 amide bonds. The molecule has 0 saturated carbocycles. The number of nitrogens with zero attached hydrogens (tertiary/aromatic N) is 6. The molecule has 1 fully saturated rings. The van der Waals surface area contributed by atoms with Gasteiger partial charge in [0.2, 0.25) is 5.95 Å². The lowest BCUT2D eigenvalue weighted by Gasteiger charge is -2.36. The molecule has 0 atom stereocenters.